The van der Waals surface area contributed by atoms with Gasteiger partial charge in [0.1, 0.15) is 0 Å². The normalized spacial score (nSPS) is 8.00. The molecule has 82 valence electrons. The van der Waals surface area contributed by atoms with Crippen molar-refractivity contribution in [2.24, 2.45) is 0 Å². The molecule has 3 nitrogen and oxygen atoms in total. The number of nitrogens with zero attached hydrogens (tertiary/aromatic N) is 2. The number of hydrogen-bond acceptors (Lipinski definition) is 1. The summed E-state index contributed by atoms with van der Waals surface area (Å²) in [6, 6.07) is 0. The van der Waals surface area contributed by atoms with Gasteiger partial charge in [-0.05, 0) is 0 Å². The molecule has 0 rings (SSSR count). The van der Waals surface area contributed by atoms with Crippen LogP contribution in [-0.4, -0.2) is 50.6 Å². The molecular formula is C6H16F3N3S. The molecule has 0 radical (unpaired) electrons. The second-order valence-corrected chi connectivity index (χ2v) is 2.36. The van der Waals surface area contributed by atoms with Crippen molar-refractivity contribution in [3.05, 3.63) is 0 Å². The van der Waals surface area contributed by atoms with E-state index in [9.17, 15) is 13.2 Å². The third-order valence-electron chi connectivity index (χ3n) is 0.847. The average molecular weight is 219 g/mol. The lowest BCUT2D eigenvalue weighted by Gasteiger charge is -2.19. The Morgan fingerprint density at radius 1 is 1.00 bits per heavy atom. The fourth-order valence-electron chi connectivity index (χ4n) is 0.400. The van der Waals surface area contributed by atoms with Gasteiger partial charge in [0.25, 0.3) is 0 Å². The molecule has 0 saturated heterocycles. The first-order chi connectivity index (χ1) is 5.29. The van der Waals surface area contributed by atoms with Crippen LogP contribution in [0.4, 0.5) is 13.2 Å². The number of guanidine groups is 1. The molecule has 0 atom stereocenters. The molecule has 0 amide bonds. The largest absolute Gasteiger partial charge is 0.379 e. The van der Waals surface area contributed by atoms with Crippen molar-refractivity contribution in [3.63, 3.8) is 0 Å². The summed E-state index contributed by atoms with van der Waals surface area (Å²) in [7, 11) is 7.40. The van der Waals surface area contributed by atoms with E-state index >= 15 is 0 Å². The standard InChI is InChI=1S/C5H13N3.CHF3.H2S/c1-7(2)5(6)8(3)4;2-1(3)4;/h6H,1-4H3;1H;1H2. The van der Waals surface area contributed by atoms with Gasteiger partial charge in [-0.1, -0.05) is 0 Å². The smallest absolute Gasteiger partial charge is 0.349 e. The molecule has 0 aliphatic rings. The maximum Gasteiger partial charge on any atom is 0.379 e. The van der Waals surface area contributed by atoms with Crippen molar-refractivity contribution in [2.45, 2.75) is 6.68 Å². The highest BCUT2D eigenvalue weighted by molar-refractivity contribution is 7.59. The fourth-order valence-corrected chi connectivity index (χ4v) is 0.400. The van der Waals surface area contributed by atoms with Crippen molar-refractivity contribution >= 4 is 19.5 Å². The molecule has 13 heavy (non-hydrogen) atoms. The Morgan fingerprint density at radius 2 is 1.15 bits per heavy atom. The van der Waals surface area contributed by atoms with Crippen molar-refractivity contribution < 1.29 is 13.2 Å². The minimum Gasteiger partial charge on any atom is -0.349 e. The first-order valence-electron chi connectivity index (χ1n) is 3.14. The molecule has 0 aliphatic heterocycles. The van der Waals surface area contributed by atoms with Gasteiger partial charge in [-0.25, -0.2) is 0 Å². The molecule has 0 fully saturated rings. The van der Waals surface area contributed by atoms with Crippen molar-refractivity contribution in [1.29, 1.82) is 5.41 Å². The minimum atomic E-state index is -3.67. The van der Waals surface area contributed by atoms with E-state index in [0.717, 1.165) is 0 Å². The molecule has 0 unspecified atom stereocenters. The summed E-state index contributed by atoms with van der Waals surface area (Å²) in [6.07, 6.45) is 0. The quantitative estimate of drug-likeness (QED) is 0.492. The van der Waals surface area contributed by atoms with Gasteiger partial charge in [0.05, 0.1) is 0 Å². The van der Waals surface area contributed by atoms with E-state index in [1.807, 2.05) is 28.2 Å². The predicted octanol–water partition coefficient (Wildman–Crippen LogP) is 1.34. The number of halogens is 3. The van der Waals surface area contributed by atoms with Crippen molar-refractivity contribution in [1.82, 2.24) is 9.80 Å². The van der Waals surface area contributed by atoms with Gasteiger partial charge in [0, 0.05) is 28.2 Å². The van der Waals surface area contributed by atoms with Gasteiger partial charge in [-0.15, -0.1) is 0 Å². The van der Waals surface area contributed by atoms with Gasteiger partial charge < -0.3 is 9.80 Å². The molecule has 7 heteroatoms. The second-order valence-electron chi connectivity index (χ2n) is 2.36. The monoisotopic (exact) mass is 219 g/mol. The third-order valence-corrected chi connectivity index (χ3v) is 0.847. The van der Waals surface area contributed by atoms with E-state index in [1.165, 1.54) is 0 Å². The van der Waals surface area contributed by atoms with Crippen LogP contribution in [0.1, 0.15) is 0 Å². The van der Waals surface area contributed by atoms with Gasteiger partial charge in [-0.3, -0.25) is 5.41 Å². The molecule has 0 bridgehead atoms. The zero-order valence-electron chi connectivity index (χ0n) is 8.11. The Morgan fingerprint density at radius 3 is 1.15 bits per heavy atom. The maximum atomic E-state index is 9.67. The molecule has 0 aliphatic carbocycles. The van der Waals surface area contributed by atoms with Crippen LogP contribution >= 0.6 is 13.5 Å². The summed E-state index contributed by atoms with van der Waals surface area (Å²) in [5, 5.41) is 7.25. The Labute approximate surface area is 83.5 Å². The van der Waals surface area contributed by atoms with Crippen LogP contribution in [0.25, 0.3) is 0 Å². The summed E-state index contributed by atoms with van der Waals surface area (Å²) in [6.45, 7) is -3.67. The first-order valence-corrected chi connectivity index (χ1v) is 3.14. The van der Waals surface area contributed by atoms with E-state index in [1.54, 1.807) is 9.80 Å². The predicted molar refractivity (Wildman–Crippen MR) is 52.6 cm³/mol. The molecule has 1 N–H and O–H groups in total. The first kappa shape index (κ1) is 18.2. The number of alkyl halides is 3. The molecule has 0 heterocycles. The van der Waals surface area contributed by atoms with E-state index in [0.29, 0.717) is 5.96 Å². The highest BCUT2D eigenvalue weighted by atomic mass is 32.1. The van der Waals surface area contributed by atoms with Crippen LogP contribution < -0.4 is 0 Å². The summed E-state index contributed by atoms with van der Waals surface area (Å²) < 4.78 is 29.0. The second kappa shape index (κ2) is 9.50. The highest BCUT2D eigenvalue weighted by Gasteiger charge is 1.97. The SMILES string of the molecule is CN(C)C(=N)N(C)C.FC(F)F.S. The number of hydrogen-bond donors (Lipinski definition) is 1. The van der Waals surface area contributed by atoms with Gasteiger partial charge in [0.2, 0.25) is 0 Å². The minimum absolute atomic E-state index is 0. The van der Waals surface area contributed by atoms with E-state index < -0.39 is 6.68 Å². The molecule has 0 spiro atoms. The Balaban J connectivity index is -0.000000173. The summed E-state index contributed by atoms with van der Waals surface area (Å²) in [5.74, 6) is 0.519. The van der Waals surface area contributed by atoms with Gasteiger partial charge >= 0.3 is 6.68 Å². The van der Waals surface area contributed by atoms with E-state index in [2.05, 4.69) is 0 Å². The zero-order valence-corrected chi connectivity index (χ0v) is 9.11. The Bertz CT molecular complexity index is 118. The average Bonchev–Trinajstić information content (AvgIpc) is 1.84. The van der Waals surface area contributed by atoms with Crippen molar-refractivity contribution in [2.75, 3.05) is 28.2 Å². The fraction of sp³-hybridized carbons (Fsp3) is 0.833. The lowest BCUT2D eigenvalue weighted by Crippen LogP contribution is -2.34. The number of rotatable bonds is 0. The summed E-state index contributed by atoms with van der Waals surface area (Å²) in [4.78, 5) is 3.50. The number of nitrogens with one attached hydrogen (secondary N) is 1. The highest BCUT2D eigenvalue weighted by Crippen LogP contribution is 1.87. The Kier molecular flexibility index (Phi) is 13.3. The van der Waals surface area contributed by atoms with E-state index in [4.69, 9.17) is 5.41 Å². The topological polar surface area (TPSA) is 30.3 Å². The van der Waals surface area contributed by atoms with Crippen LogP contribution in [0.2, 0.25) is 0 Å². The molecule has 0 aromatic carbocycles. The Hall–Kier alpha value is -0.590. The maximum absolute atomic E-state index is 9.67. The summed E-state index contributed by atoms with van der Waals surface area (Å²) >= 11 is 0. The third kappa shape index (κ3) is 18.4. The van der Waals surface area contributed by atoms with Crippen LogP contribution in [0, 0.1) is 5.41 Å². The molecule has 0 aromatic rings. The molecule has 0 aromatic heterocycles. The lowest BCUT2D eigenvalue weighted by molar-refractivity contribution is 0.00819. The molecular weight excluding hydrogens is 203 g/mol. The summed E-state index contributed by atoms with van der Waals surface area (Å²) in [5.41, 5.74) is 0. The van der Waals surface area contributed by atoms with Crippen LogP contribution in [0.15, 0.2) is 0 Å². The van der Waals surface area contributed by atoms with Crippen LogP contribution in [0.3, 0.4) is 0 Å². The van der Waals surface area contributed by atoms with Crippen LogP contribution in [-0.2, 0) is 0 Å². The van der Waals surface area contributed by atoms with Gasteiger partial charge in [0.15, 0.2) is 5.96 Å². The van der Waals surface area contributed by atoms with Crippen molar-refractivity contribution in [3.8, 4) is 0 Å². The van der Waals surface area contributed by atoms with Crippen LogP contribution in [0.5, 0.6) is 0 Å². The zero-order chi connectivity index (χ0) is 10.3. The molecule has 0 saturated carbocycles. The van der Waals surface area contributed by atoms with Gasteiger partial charge in [-0.2, -0.15) is 26.7 Å². The van der Waals surface area contributed by atoms with E-state index in [-0.39, 0.29) is 13.5 Å². The lowest BCUT2D eigenvalue weighted by atomic mass is 10.7.